The van der Waals surface area contributed by atoms with Crippen LogP contribution < -0.4 is 16.2 Å². The molecule has 5 rings (SSSR count). The zero-order valence-corrected chi connectivity index (χ0v) is 18.7. The topological polar surface area (TPSA) is 87.6 Å². The predicted octanol–water partition coefficient (Wildman–Crippen LogP) is 4.30. The summed E-state index contributed by atoms with van der Waals surface area (Å²) in [5.74, 6) is 1.12. The number of aryl methyl sites for hydroxylation is 1. The van der Waals surface area contributed by atoms with E-state index in [2.05, 4.69) is 60.9 Å². The Hall–Kier alpha value is -2.97. The molecule has 1 aromatic carbocycles. The first kappa shape index (κ1) is 20.0. The van der Waals surface area contributed by atoms with Crippen molar-refractivity contribution < 1.29 is 0 Å². The molecule has 4 aromatic rings. The molecule has 0 unspecified atom stereocenters. The highest BCUT2D eigenvalue weighted by Gasteiger charge is 2.18. The molecule has 0 bridgehead atoms. The normalized spacial score (nSPS) is 14.8. The number of hydrogen-bond donors (Lipinski definition) is 3. The largest absolute Gasteiger partial charge is 0.340 e. The van der Waals surface area contributed by atoms with Crippen molar-refractivity contribution in [1.82, 2.24) is 25.1 Å². The molecule has 4 heterocycles. The fraction of sp³-hybridized carbons (Fsp3) is 0.261. The maximum Gasteiger partial charge on any atom is 0.259 e. The zero-order valence-electron chi connectivity index (χ0n) is 17.2. The Labute approximate surface area is 188 Å². The monoisotopic (exact) mass is 478 g/mol. The lowest BCUT2D eigenvalue weighted by molar-refractivity contribution is 0.460. The highest BCUT2D eigenvalue weighted by molar-refractivity contribution is 9.10. The van der Waals surface area contributed by atoms with Crippen LogP contribution in [0.2, 0.25) is 0 Å². The molecule has 0 aliphatic carbocycles. The SMILES string of the molecule is Cn1cc(-c2nc(Nc3ccc(C4CCNCC4)cc3)c3c(=O)[nH]ccc3c2Br)cn1. The van der Waals surface area contributed by atoms with E-state index in [0.29, 0.717) is 17.1 Å². The number of halogens is 1. The first-order chi connectivity index (χ1) is 15.1. The number of fused-ring (bicyclic) bond motifs is 1. The Morgan fingerprint density at radius 2 is 1.94 bits per heavy atom. The van der Waals surface area contributed by atoms with Gasteiger partial charge in [-0.3, -0.25) is 9.48 Å². The van der Waals surface area contributed by atoms with E-state index in [-0.39, 0.29) is 5.56 Å². The van der Waals surface area contributed by atoms with Crippen molar-refractivity contribution in [3.63, 3.8) is 0 Å². The zero-order chi connectivity index (χ0) is 21.4. The lowest BCUT2D eigenvalue weighted by atomic mass is 9.90. The van der Waals surface area contributed by atoms with Crippen molar-refractivity contribution in [2.75, 3.05) is 18.4 Å². The van der Waals surface area contributed by atoms with Gasteiger partial charge in [0, 0.05) is 36.1 Å². The van der Waals surface area contributed by atoms with Gasteiger partial charge in [-0.25, -0.2) is 4.98 Å². The minimum absolute atomic E-state index is 0.183. The standard InChI is InChI=1S/C23H23BrN6O/c1-30-13-16(12-27-30)21-20(24)18-8-11-26-23(31)19(18)22(29-21)28-17-4-2-14(3-5-17)15-6-9-25-10-7-15/h2-5,8,11-13,15,25H,6-7,9-10H2,1H3,(H,26,31)(H,28,29). The third kappa shape index (κ3) is 3.88. The van der Waals surface area contributed by atoms with Gasteiger partial charge >= 0.3 is 0 Å². The lowest BCUT2D eigenvalue weighted by Crippen LogP contribution is -2.26. The summed E-state index contributed by atoms with van der Waals surface area (Å²) in [7, 11) is 1.87. The Morgan fingerprint density at radius 1 is 1.16 bits per heavy atom. The molecule has 31 heavy (non-hydrogen) atoms. The van der Waals surface area contributed by atoms with Crippen LogP contribution in [0.1, 0.15) is 24.3 Å². The number of nitrogens with one attached hydrogen (secondary N) is 3. The number of nitrogens with zero attached hydrogens (tertiary/aromatic N) is 3. The van der Waals surface area contributed by atoms with Crippen molar-refractivity contribution >= 4 is 38.2 Å². The average molecular weight is 479 g/mol. The van der Waals surface area contributed by atoms with E-state index < -0.39 is 0 Å². The Bertz CT molecular complexity index is 1290. The second kappa shape index (κ2) is 8.28. The van der Waals surface area contributed by atoms with Crippen molar-refractivity contribution in [1.29, 1.82) is 0 Å². The summed E-state index contributed by atoms with van der Waals surface area (Å²) in [4.78, 5) is 20.3. The molecule has 0 atom stereocenters. The quantitative estimate of drug-likeness (QED) is 0.407. The predicted molar refractivity (Wildman–Crippen MR) is 127 cm³/mol. The van der Waals surface area contributed by atoms with Crippen molar-refractivity contribution in [3.05, 3.63) is 69.3 Å². The summed E-state index contributed by atoms with van der Waals surface area (Å²) in [6, 6.07) is 10.4. The third-order valence-electron chi connectivity index (χ3n) is 5.83. The number of benzene rings is 1. The average Bonchev–Trinajstić information content (AvgIpc) is 3.23. The molecule has 1 saturated heterocycles. The number of anilines is 2. The fourth-order valence-electron chi connectivity index (χ4n) is 4.20. The molecule has 0 saturated carbocycles. The molecular weight excluding hydrogens is 456 g/mol. The molecule has 0 amide bonds. The van der Waals surface area contributed by atoms with Crippen LogP contribution in [0.3, 0.4) is 0 Å². The number of piperidine rings is 1. The van der Waals surface area contributed by atoms with Crippen LogP contribution in [-0.2, 0) is 7.05 Å². The third-order valence-corrected chi connectivity index (χ3v) is 6.63. The number of rotatable bonds is 4. The van der Waals surface area contributed by atoms with E-state index >= 15 is 0 Å². The smallest absolute Gasteiger partial charge is 0.259 e. The van der Waals surface area contributed by atoms with Crippen molar-refractivity contribution in [2.24, 2.45) is 7.05 Å². The number of aromatic nitrogens is 4. The van der Waals surface area contributed by atoms with Crippen LogP contribution in [0.25, 0.3) is 22.0 Å². The number of pyridine rings is 2. The van der Waals surface area contributed by atoms with E-state index in [1.54, 1.807) is 17.1 Å². The van der Waals surface area contributed by atoms with Gasteiger partial charge in [0.05, 0.1) is 21.7 Å². The van der Waals surface area contributed by atoms with Crippen molar-refractivity contribution in [3.8, 4) is 11.3 Å². The molecule has 0 spiro atoms. The van der Waals surface area contributed by atoms with Gasteiger partial charge in [0.1, 0.15) is 5.82 Å². The molecule has 1 aliphatic heterocycles. The van der Waals surface area contributed by atoms with E-state index in [9.17, 15) is 4.79 Å². The van der Waals surface area contributed by atoms with Crippen molar-refractivity contribution in [2.45, 2.75) is 18.8 Å². The fourth-order valence-corrected chi connectivity index (χ4v) is 4.84. The Balaban J connectivity index is 1.56. The number of hydrogen-bond acceptors (Lipinski definition) is 5. The molecular formula is C23H23BrN6O. The van der Waals surface area contributed by atoms with Gasteiger partial charge in [-0.2, -0.15) is 5.10 Å². The van der Waals surface area contributed by atoms with Crippen LogP contribution >= 0.6 is 15.9 Å². The maximum atomic E-state index is 12.7. The van der Waals surface area contributed by atoms with Crippen LogP contribution in [0.15, 0.2) is 58.2 Å². The van der Waals surface area contributed by atoms with Gasteiger partial charge in [0.15, 0.2) is 0 Å². The molecule has 0 radical (unpaired) electrons. The summed E-state index contributed by atoms with van der Waals surface area (Å²) < 4.78 is 2.51. The maximum absolute atomic E-state index is 12.7. The number of aromatic amines is 1. The minimum Gasteiger partial charge on any atom is -0.340 e. The number of H-pyrrole nitrogens is 1. The summed E-state index contributed by atoms with van der Waals surface area (Å²) >= 11 is 3.65. The highest BCUT2D eigenvalue weighted by Crippen LogP contribution is 2.36. The van der Waals surface area contributed by atoms with Gasteiger partial charge in [-0.05, 0) is 71.5 Å². The van der Waals surface area contributed by atoms with Gasteiger partial charge in [0.25, 0.3) is 5.56 Å². The second-order valence-electron chi connectivity index (χ2n) is 7.89. The molecule has 1 fully saturated rings. The van der Waals surface area contributed by atoms with Crippen LogP contribution in [0.5, 0.6) is 0 Å². The minimum atomic E-state index is -0.183. The molecule has 7 nitrogen and oxygen atoms in total. The van der Waals surface area contributed by atoms with Gasteiger partial charge in [0.2, 0.25) is 0 Å². The van der Waals surface area contributed by atoms with Gasteiger partial charge < -0.3 is 15.6 Å². The van der Waals surface area contributed by atoms with Gasteiger partial charge in [-0.1, -0.05) is 12.1 Å². The molecule has 158 valence electrons. The highest BCUT2D eigenvalue weighted by atomic mass is 79.9. The Morgan fingerprint density at radius 3 is 2.65 bits per heavy atom. The summed E-state index contributed by atoms with van der Waals surface area (Å²) in [5.41, 5.74) is 3.68. The summed E-state index contributed by atoms with van der Waals surface area (Å²) in [6.45, 7) is 2.14. The van der Waals surface area contributed by atoms with E-state index in [4.69, 9.17) is 4.98 Å². The van der Waals surface area contributed by atoms with E-state index in [1.807, 2.05) is 19.3 Å². The second-order valence-corrected chi connectivity index (χ2v) is 8.69. The molecule has 8 heteroatoms. The van der Waals surface area contributed by atoms with Crippen LogP contribution in [-0.4, -0.2) is 32.8 Å². The first-order valence-electron chi connectivity index (χ1n) is 10.4. The van der Waals surface area contributed by atoms with E-state index in [0.717, 1.165) is 52.7 Å². The summed E-state index contributed by atoms with van der Waals surface area (Å²) in [6.07, 6.45) is 7.65. The lowest BCUT2D eigenvalue weighted by Gasteiger charge is -2.23. The van der Waals surface area contributed by atoms with E-state index in [1.165, 1.54) is 5.56 Å². The van der Waals surface area contributed by atoms with Crippen LogP contribution in [0.4, 0.5) is 11.5 Å². The van der Waals surface area contributed by atoms with Crippen LogP contribution in [0, 0.1) is 0 Å². The molecule has 3 N–H and O–H groups in total. The molecule has 1 aliphatic rings. The molecule has 3 aromatic heterocycles. The van der Waals surface area contributed by atoms with Gasteiger partial charge in [-0.15, -0.1) is 0 Å². The first-order valence-corrected chi connectivity index (χ1v) is 11.2. The summed E-state index contributed by atoms with van der Waals surface area (Å²) in [5, 5.41) is 12.4. The Kier molecular flexibility index (Phi) is 5.33.